The molecule has 0 saturated carbocycles. The molecular weight excluding hydrogens is 636 g/mol. The first kappa shape index (κ1) is 38.4. The van der Waals surface area contributed by atoms with Crippen LogP contribution in [0.25, 0.3) is 43.8 Å². The fourth-order valence-corrected chi connectivity index (χ4v) is 5.86. The van der Waals surface area contributed by atoms with E-state index in [1.807, 2.05) is 0 Å². The van der Waals surface area contributed by atoms with Crippen LogP contribution in [0.4, 0.5) is 0 Å². The van der Waals surface area contributed by atoms with Crippen molar-refractivity contribution in [3.8, 4) is 22.3 Å². The first-order chi connectivity index (χ1) is 20.4. The SMILES string of the molecule is CC(C)c1cc2c(-c3ccc(C(C)(C)C)cc3)cccc2[cH-]1.Cc1cc2c(-c3cccc(C)c3C)ccc(C)c2[cH-]1.[CH3-].[CH3-].[Si]=[Zr]. The molecule has 2 radical (unpaired) electrons. The summed E-state index contributed by atoms with van der Waals surface area (Å²) >= 11 is 1.36. The number of benzene rings is 4. The zero-order valence-corrected chi connectivity index (χ0v) is 32.8. The van der Waals surface area contributed by atoms with Gasteiger partial charge in [0.05, 0.1) is 0 Å². The van der Waals surface area contributed by atoms with Gasteiger partial charge in [-0.1, -0.05) is 114 Å². The number of rotatable bonds is 3. The van der Waals surface area contributed by atoms with Crippen LogP contribution in [-0.4, -0.2) is 6.88 Å². The van der Waals surface area contributed by atoms with Crippen LogP contribution in [0.1, 0.15) is 73.9 Å². The van der Waals surface area contributed by atoms with E-state index in [0.29, 0.717) is 5.92 Å². The Hall–Kier alpha value is -2.80. The van der Waals surface area contributed by atoms with Gasteiger partial charge in [0, 0.05) is 0 Å². The standard InChI is InChI=1S/C22H25.C19H19.2CH3.Si.Zr/c1-15(2)18-13-17-7-6-8-20(21(17)14-18)16-9-11-19(12-10-16)22(3,4)5;1-12-10-18-14(3)8-9-17(19(18)11-12)16-7-5-6-13(2)15(16)4;;;;/h6-15H,1-5H3;5-11H,1-4H3;2*1H3;;/q4*-1;;. The monoisotopic (exact) mass is 684 g/mol. The third-order valence-electron chi connectivity index (χ3n) is 8.65. The van der Waals surface area contributed by atoms with Crippen molar-refractivity contribution in [2.75, 3.05) is 0 Å². The van der Waals surface area contributed by atoms with Gasteiger partial charge in [0.2, 0.25) is 0 Å². The van der Waals surface area contributed by atoms with Crippen molar-refractivity contribution in [3.05, 3.63) is 145 Å². The molecule has 45 heavy (non-hydrogen) atoms. The number of aryl methyl sites for hydroxylation is 3. The summed E-state index contributed by atoms with van der Waals surface area (Å²) in [6.45, 7) is 23.1. The third kappa shape index (κ3) is 8.52. The van der Waals surface area contributed by atoms with Crippen LogP contribution in [0.5, 0.6) is 0 Å². The second-order valence-electron chi connectivity index (χ2n) is 13.1. The Morgan fingerprint density at radius 3 is 1.89 bits per heavy atom. The molecule has 6 aromatic carbocycles. The van der Waals surface area contributed by atoms with Crippen LogP contribution >= 0.6 is 0 Å². The van der Waals surface area contributed by atoms with E-state index in [9.17, 15) is 0 Å². The van der Waals surface area contributed by atoms with Gasteiger partial charge in [-0.2, -0.15) is 12.1 Å². The Bertz CT molecular complexity index is 1840. The van der Waals surface area contributed by atoms with E-state index in [-0.39, 0.29) is 20.3 Å². The predicted molar refractivity (Wildman–Crippen MR) is 200 cm³/mol. The zero-order chi connectivity index (χ0) is 31.5. The summed E-state index contributed by atoms with van der Waals surface area (Å²) in [4.78, 5) is 0. The summed E-state index contributed by atoms with van der Waals surface area (Å²) in [5.74, 6) is 0.573. The first-order valence-electron chi connectivity index (χ1n) is 15.2. The van der Waals surface area contributed by atoms with E-state index in [1.54, 1.807) is 0 Å². The second-order valence-corrected chi connectivity index (χ2v) is 13.1. The molecule has 234 valence electrons. The molecule has 0 heterocycles. The summed E-state index contributed by atoms with van der Waals surface area (Å²) in [5.41, 5.74) is 13.8. The normalized spacial score (nSPS) is 10.8. The maximum atomic E-state index is 3.06. The van der Waals surface area contributed by atoms with Gasteiger partial charge in [-0.3, -0.25) is 0 Å². The zero-order valence-electron chi connectivity index (χ0n) is 29.3. The number of hydrogen-bond acceptors (Lipinski definition) is 0. The average Bonchev–Trinajstić information content (AvgIpc) is 3.60. The Morgan fingerprint density at radius 2 is 1.27 bits per heavy atom. The molecular formula is C43H50SiZr-4. The molecule has 0 bridgehead atoms. The second kappa shape index (κ2) is 16.2. The van der Waals surface area contributed by atoms with E-state index in [1.165, 1.54) is 101 Å². The van der Waals surface area contributed by atoms with Gasteiger partial charge in [0.25, 0.3) is 0 Å². The van der Waals surface area contributed by atoms with Crippen molar-refractivity contribution in [2.45, 2.75) is 73.6 Å². The van der Waals surface area contributed by atoms with Crippen LogP contribution in [0.3, 0.4) is 0 Å². The fraction of sp³-hybridized carbons (Fsp3) is 0.256. The Balaban J connectivity index is 0.000000287. The summed E-state index contributed by atoms with van der Waals surface area (Å²) in [7, 11) is 0. The molecule has 0 spiro atoms. The average molecular weight is 686 g/mol. The molecule has 0 unspecified atom stereocenters. The number of fused-ring (bicyclic) bond motifs is 2. The Morgan fingerprint density at radius 1 is 0.644 bits per heavy atom. The molecule has 0 fully saturated rings. The van der Waals surface area contributed by atoms with Gasteiger partial charge in [-0.15, -0.1) is 68.6 Å². The molecule has 6 aromatic rings. The minimum absolute atomic E-state index is 0. The quantitative estimate of drug-likeness (QED) is 0.128. The van der Waals surface area contributed by atoms with Gasteiger partial charge >= 0.3 is 30.2 Å². The first-order valence-corrected chi connectivity index (χ1v) is 19.4. The topological polar surface area (TPSA) is 0 Å². The van der Waals surface area contributed by atoms with Crippen molar-refractivity contribution in [3.63, 3.8) is 0 Å². The van der Waals surface area contributed by atoms with Crippen LogP contribution in [0.2, 0.25) is 0 Å². The van der Waals surface area contributed by atoms with Crippen LogP contribution in [0.15, 0.2) is 97.1 Å². The molecule has 0 aliphatic carbocycles. The van der Waals surface area contributed by atoms with Gasteiger partial charge in [0.15, 0.2) is 0 Å². The van der Waals surface area contributed by atoms with Crippen molar-refractivity contribution < 1.29 is 23.3 Å². The molecule has 0 aliphatic heterocycles. The molecule has 0 amide bonds. The molecule has 0 nitrogen and oxygen atoms in total. The van der Waals surface area contributed by atoms with E-state index >= 15 is 0 Å². The molecule has 0 atom stereocenters. The van der Waals surface area contributed by atoms with Gasteiger partial charge in [-0.25, -0.2) is 0 Å². The summed E-state index contributed by atoms with van der Waals surface area (Å²) < 4.78 is 0. The van der Waals surface area contributed by atoms with Crippen molar-refractivity contribution >= 4 is 28.4 Å². The van der Waals surface area contributed by atoms with Gasteiger partial charge in [0.1, 0.15) is 0 Å². The van der Waals surface area contributed by atoms with Crippen molar-refractivity contribution in [1.29, 1.82) is 0 Å². The molecule has 2 heteroatoms. The van der Waals surface area contributed by atoms with Crippen LogP contribution < -0.4 is 0 Å². The molecule has 0 aliphatic rings. The maximum absolute atomic E-state index is 3.06. The van der Waals surface area contributed by atoms with Gasteiger partial charge < -0.3 is 14.9 Å². The van der Waals surface area contributed by atoms with E-state index in [0.717, 1.165) is 0 Å². The molecule has 6 rings (SSSR count). The minimum atomic E-state index is 0. The van der Waals surface area contributed by atoms with Crippen molar-refractivity contribution in [1.82, 2.24) is 0 Å². The van der Waals surface area contributed by atoms with E-state index < -0.39 is 0 Å². The molecule has 0 N–H and O–H groups in total. The third-order valence-corrected chi connectivity index (χ3v) is 8.65. The molecule has 0 aromatic heterocycles. The van der Waals surface area contributed by atoms with Crippen LogP contribution in [-0.2, 0) is 28.8 Å². The number of hydrogen-bond donors (Lipinski definition) is 0. The fourth-order valence-electron chi connectivity index (χ4n) is 5.86. The Labute approximate surface area is 291 Å². The van der Waals surface area contributed by atoms with Crippen LogP contribution in [0, 0.1) is 42.5 Å². The van der Waals surface area contributed by atoms with E-state index in [2.05, 4.69) is 166 Å². The van der Waals surface area contributed by atoms with Crippen molar-refractivity contribution in [2.24, 2.45) is 0 Å². The molecule has 0 saturated heterocycles. The summed E-state index contributed by atoms with van der Waals surface area (Å²) in [6, 6.07) is 36.0. The predicted octanol–water partition coefficient (Wildman–Crippen LogP) is 12.6. The summed E-state index contributed by atoms with van der Waals surface area (Å²) in [5, 5.41) is 5.48. The Kier molecular flexibility index (Phi) is 13.8. The van der Waals surface area contributed by atoms with E-state index in [4.69, 9.17) is 0 Å². The summed E-state index contributed by atoms with van der Waals surface area (Å²) in [6.07, 6.45) is 0. The van der Waals surface area contributed by atoms with Gasteiger partial charge in [-0.05, 0) is 53.0 Å².